The molecule has 0 spiro atoms. The number of benzene rings is 2. The van der Waals surface area contributed by atoms with Gasteiger partial charge < -0.3 is 20.9 Å². The second kappa shape index (κ2) is 6.82. The Morgan fingerprint density at radius 2 is 1.67 bits per heavy atom. The minimum Gasteiger partial charge on any atom is -0.351 e. The number of amides is 3. The minimum absolute atomic E-state index is 0.0941. The number of carbonyl (C=O) groups excluding carboxylic acids is 2. The molecule has 0 aliphatic heterocycles. The summed E-state index contributed by atoms with van der Waals surface area (Å²) in [5.41, 5.74) is 8.19. The van der Waals surface area contributed by atoms with Crippen molar-refractivity contribution in [3.8, 4) is 0 Å². The third-order valence-corrected chi connectivity index (χ3v) is 3.54. The summed E-state index contributed by atoms with van der Waals surface area (Å²) in [5, 5.41) is 5.28. The van der Waals surface area contributed by atoms with Crippen molar-refractivity contribution in [2.24, 2.45) is 5.73 Å². The Balaban J connectivity index is 1.56. The molecule has 122 valence electrons. The standard InChI is InChI=1S/C17H17N5O2/c18-17(24)21-13-7-5-12(6-8-13)20-16(23)9-10-22-11-19-14-3-1-2-4-15(14)22/h1-8,11H,9-10H2,(H,20,23)(H3,18,21,24). The molecule has 0 radical (unpaired) electrons. The zero-order valence-electron chi connectivity index (χ0n) is 12.9. The number of hydrogen-bond acceptors (Lipinski definition) is 3. The highest BCUT2D eigenvalue weighted by atomic mass is 16.2. The molecule has 0 unspecified atom stereocenters. The smallest absolute Gasteiger partial charge is 0.316 e. The summed E-state index contributed by atoms with van der Waals surface area (Å²) in [6.45, 7) is 0.549. The second-order valence-electron chi connectivity index (χ2n) is 5.29. The van der Waals surface area contributed by atoms with Crippen molar-refractivity contribution < 1.29 is 9.59 Å². The van der Waals surface area contributed by atoms with Crippen LogP contribution in [-0.2, 0) is 11.3 Å². The molecule has 3 amide bonds. The number of nitrogens with zero attached hydrogens (tertiary/aromatic N) is 2. The van der Waals surface area contributed by atoms with Crippen LogP contribution in [0.4, 0.5) is 16.2 Å². The first-order chi connectivity index (χ1) is 11.6. The number of urea groups is 1. The Labute approximate surface area is 138 Å². The maximum absolute atomic E-state index is 12.1. The van der Waals surface area contributed by atoms with Crippen molar-refractivity contribution in [1.82, 2.24) is 9.55 Å². The first kappa shape index (κ1) is 15.5. The van der Waals surface area contributed by atoms with Gasteiger partial charge in [-0.1, -0.05) is 12.1 Å². The number of imidazole rings is 1. The van der Waals surface area contributed by atoms with Crippen molar-refractivity contribution >= 4 is 34.3 Å². The summed E-state index contributed by atoms with van der Waals surface area (Å²) in [7, 11) is 0. The molecule has 1 heterocycles. The lowest BCUT2D eigenvalue weighted by Crippen LogP contribution is -2.19. The van der Waals surface area contributed by atoms with E-state index in [0.29, 0.717) is 24.3 Å². The second-order valence-corrected chi connectivity index (χ2v) is 5.29. The van der Waals surface area contributed by atoms with Gasteiger partial charge in [-0.3, -0.25) is 4.79 Å². The molecular weight excluding hydrogens is 306 g/mol. The molecule has 3 rings (SSSR count). The van der Waals surface area contributed by atoms with Crippen molar-refractivity contribution in [3.63, 3.8) is 0 Å². The van der Waals surface area contributed by atoms with Gasteiger partial charge in [0.15, 0.2) is 0 Å². The van der Waals surface area contributed by atoms with E-state index in [1.165, 1.54) is 0 Å². The first-order valence-corrected chi connectivity index (χ1v) is 7.48. The lowest BCUT2D eigenvalue weighted by molar-refractivity contribution is -0.116. The van der Waals surface area contributed by atoms with E-state index in [9.17, 15) is 9.59 Å². The van der Waals surface area contributed by atoms with Crippen LogP contribution in [0.1, 0.15) is 6.42 Å². The van der Waals surface area contributed by atoms with Gasteiger partial charge in [-0.25, -0.2) is 9.78 Å². The van der Waals surface area contributed by atoms with Crippen molar-refractivity contribution in [3.05, 3.63) is 54.9 Å². The number of aromatic nitrogens is 2. The van der Waals surface area contributed by atoms with Crippen LogP contribution in [0, 0.1) is 0 Å². The summed E-state index contributed by atoms with van der Waals surface area (Å²) in [4.78, 5) is 27.1. The van der Waals surface area contributed by atoms with Gasteiger partial charge in [0, 0.05) is 24.3 Å². The van der Waals surface area contributed by atoms with Crippen molar-refractivity contribution in [2.75, 3.05) is 10.6 Å². The summed E-state index contributed by atoms with van der Waals surface area (Å²) in [6.07, 6.45) is 2.07. The molecule has 0 aliphatic rings. The van der Waals surface area contributed by atoms with E-state index in [1.54, 1.807) is 30.6 Å². The van der Waals surface area contributed by atoms with E-state index in [2.05, 4.69) is 15.6 Å². The fourth-order valence-corrected chi connectivity index (χ4v) is 2.41. The number of nitrogens with one attached hydrogen (secondary N) is 2. The third-order valence-electron chi connectivity index (χ3n) is 3.54. The molecule has 0 atom stereocenters. The van der Waals surface area contributed by atoms with Crippen LogP contribution in [0.5, 0.6) is 0 Å². The van der Waals surface area contributed by atoms with Gasteiger partial charge in [-0.2, -0.15) is 0 Å². The molecule has 0 aliphatic carbocycles. The molecule has 24 heavy (non-hydrogen) atoms. The van der Waals surface area contributed by atoms with Gasteiger partial charge in [0.2, 0.25) is 5.91 Å². The van der Waals surface area contributed by atoms with Crippen LogP contribution < -0.4 is 16.4 Å². The van der Waals surface area contributed by atoms with Crippen molar-refractivity contribution in [1.29, 1.82) is 0 Å². The molecule has 7 heteroatoms. The Bertz CT molecular complexity index is 870. The average molecular weight is 323 g/mol. The topological polar surface area (TPSA) is 102 Å². The van der Waals surface area contributed by atoms with Crippen LogP contribution in [0.15, 0.2) is 54.9 Å². The lowest BCUT2D eigenvalue weighted by Gasteiger charge is -2.08. The van der Waals surface area contributed by atoms with E-state index in [4.69, 9.17) is 5.73 Å². The van der Waals surface area contributed by atoms with Gasteiger partial charge in [0.25, 0.3) is 0 Å². The van der Waals surface area contributed by atoms with Gasteiger partial charge in [-0.15, -0.1) is 0 Å². The molecule has 0 saturated carbocycles. The number of aryl methyl sites for hydroxylation is 1. The molecule has 3 aromatic rings. The van der Waals surface area contributed by atoms with Crippen LogP contribution in [-0.4, -0.2) is 21.5 Å². The summed E-state index contributed by atoms with van der Waals surface area (Å²) in [6, 6.07) is 13.9. The number of anilines is 2. The van der Waals surface area contributed by atoms with E-state index >= 15 is 0 Å². The molecular formula is C17H17N5O2. The van der Waals surface area contributed by atoms with E-state index < -0.39 is 6.03 Å². The van der Waals surface area contributed by atoms with Gasteiger partial charge >= 0.3 is 6.03 Å². The molecule has 4 N–H and O–H groups in total. The van der Waals surface area contributed by atoms with E-state index in [-0.39, 0.29) is 5.91 Å². The average Bonchev–Trinajstić information content (AvgIpc) is 2.98. The summed E-state index contributed by atoms with van der Waals surface area (Å²) >= 11 is 0. The van der Waals surface area contributed by atoms with Crippen molar-refractivity contribution in [2.45, 2.75) is 13.0 Å². The van der Waals surface area contributed by atoms with Gasteiger partial charge in [-0.05, 0) is 36.4 Å². The number of nitrogens with two attached hydrogens (primary N) is 1. The number of fused-ring (bicyclic) bond motifs is 1. The SMILES string of the molecule is NC(=O)Nc1ccc(NC(=O)CCn2cnc3ccccc32)cc1. The zero-order valence-corrected chi connectivity index (χ0v) is 12.9. The predicted octanol–water partition coefficient (Wildman–Crippen LogP) is 2.56. The first-order valence-electron chi connectivity index (χ1n) is 7.48. The summed E-state index contributed by atoms with van der Waals surface area (Å²) < 4.78 is 1.95. The number of carbonyl (C=O) groups is 2. The number of hydrogen-bond donors (Lipinski definition) is 3. The molecule has 0 fully saturated rings. The monoisotopic (exact) mass is 323 g/mol. The fourth-order valence-electron chi connectivity index (χ4n) is 2.41. The number of para-hydroxylation sites is 2. The molecule has 0 bridgehead atoms. The highest BCUT2D eigenvalue weighted by Gasteiger charge is 2.06. The highest BCUT2D eigenvalue weighted by molar-refractivity contribution is 5.92. The molecule has 1 aromatic heterocycles. The van der Waals surface area contributed by atoms with Crippen LogP contribution in [0.25, 0.3) is 11.0 Å². The van der Waals surface area contributed by atoms with Crippen LogP contribution >= 0.6 is 0 Å². The predicted molar refractivity (Wildman–Crippen MR) is 92.6 cm³/mol. The maximum atomic E-state index is 12.1. The fraction of sp³-hybridized carbons (Fsp3) is 0.118. The van der Waals surface area contributed by atoms with Gasteiger partial charge in [0.1, 0.15) is 0 Å². The highest BCUT2D eigenvalue weighted by Crippen LogP contribution is 2.15. The Kier molecular flexibility index (Phi) is 4.42. The lowest BCUT2D eigenvalue weighted by atomic mass is 10.2. The molecule has 0 saturated heterocycles. The number of primary amides is 1. The number of rotatable bonds is 5. The maximum Gasteiger partial charge on any atom is 0.316 e. The summed E-state index contributed by atoms with van der Waals surface area (Å²) in [5.74, 6) is -0.0941. The minimum atomic E-state index is -0.626. The van der Waals surface area contributed by atoms with Crippen LogP contribution in [0.2, 0.25) is 0 Å². The van der Waals surface area contributed by atoms with Crippen LogP contribution in [0.3, 0.4) is 0 Å². The Morgan fingerprint density at radius 1 is 1.00 bits per heavy atom. The molecule has 7 nitrogen and oxygen atoms in total. The Hall–Kier alpha value is -3.35. The molecule has 2 aromatic carbocycles. The van der Waals surface area contributed by atoms with Gasteiger partial charge in [0.05, 0.1) is 17.4 Å². The van der Waals surface area contributed by atoms with E-state index in [0.717, 1.165) is 11.0 Å². The zero-order chi connectivity index (χ0) is 16.9. The third kappa shape index (κ3) is 3.70. The quantitative estimate of drug-likeness (QED) is 0.672. The van der Waals surface area contributed by atoms with E-state index in [1.807, 2.05) is 28.8 Å². The largest absolute Gasteiger partial charge is 0.351 e. The Morgan fingerprint density at radius 3 is 2.38 bits per heavy atom. The normalized spacial score (nSPS) is 10.5.